The number of halogens is 1. The van der Waals surface area contributed by atoms with Gasteiger partial charge in [0.25, 0.3) is 0 Å². The minimum Gasteiger partial charge on any atom is -0.491 e. The Kier molecular flexibility index (Phi) is 4.49. The molecule has 2 nitrogen and oxygen atoms in total. The van der Waals surface area contributed by atoms with E-state index in [1.165, 1.54) is 12.8 Å². The monoisotopic (exact) mass is 240 g/mol. The first-order valence-electron chi connectivity index (χ1n) is 5.78. The van der Waals surface area contributed by atoms with Gasteiger partial charge < -0.3 is 9.47 Å². The molecule has 1 fully saturated rings. The first kappa shape index (κ1) is 11.7. The van der Waals surface area contributed by atoms with Crippen LogP contribution in [0.1, 0.15) is 24.8 Å². The molecular formula is C13H17ClO2. The largest absolute Gasteiger partial charge is 0.491 e. The molecule has 0 amide bonds. The fourth-order valence-electron chi connectivity index (χ4n) is 1.88. The molecule has 1 unspecified atom stereocenters. The number of alkyl halides is 1. The van der Waals surface area contributed by atoms with Crippen LogP contribution < -0.4 is 4.74 Å². The molecule has 0 saturated carbocycles. The van der Waals surface area contributed by atoms with Crippen LogP contribution in [0.2, 0.25) is 0 Å². The second-order valence-electron chi connectivity index (χ2n) is 4.04. The topological polar surface area (TPSA) is 18.5 Å². The molecule has 88 valence electrons. The van der Waals surface area contributed by atoms with Crippen molar-refractivity contribution in [3.05, 3.63) is 29.8 Å². The number of benzene rings is 1. The van der Waals surface area contributed by atoms with Gasteiger partial charge in [-0.2, -0.15) is 0 Å². The Balaban J connectivity index is 1.88. The standard InChI is InChI=1S/C13H17ClO2/c14-9-11-5-1-2-7-13(11)16-10-12-6-3-4-8-15-12/h1-2,5,7,12H,3-4,6,8-10H2. The maximum absolute atomic E-state index is 5.84. The van der Waals surface area contributed by atoms with E-state index in [0.717, 1.165) is 24.3 Å². The summed E-state index contributed by atoms with van der Waals surface area (Å²) in [6.07, 6.45) is 3.76. The predicted molar refractivity (Wildman–Crippen MR) is 65.1 cm³/mol. The van der Waals surface area contributed by atoms with E-state index in [1.54, 1.807) is 0 Å². The zero-order valence-electron chi connectivity index (χ0n) is 9.32. The van der Waals surface area contributed by atoms with Crippen LogP contribution in [0.5, 0.6) is 5.75 Å². The van der Waals surface area contributed by atoms with E-state index >= 15 is 0 Å². The van der Waals surface area contributed by atoms with E-state index in [-0.39, 0.29) is 6.10 Å². The number of hydrogen-bond donors (Lipinski definition) is 0. The average molecular weight is 241 g/mol. The van der Waals surface area contributed by atoms with Gasteiger partial charge in [0.05, 0.1) is 12.0 Å². The molecule has 1 heterocycles. The molecule has 0 spiro atoms. The molecule has 1 aliphatic rings. The zero-order chi connectivity index (χ0) is 11.2. The summed E-state index contributed by atoms with van der Waals surface area (Å²) in [5.41, 5.74) is 1.04. The second kappa shape index (κ2) is 6.12. The van der Waals surface area contributed by atoms with Gasteiger partial charge in [0.15, 0.2) is 0 Å². The Morgan fingerprint density at radius 3 is 2.94 bits per heavy atom. The van der Waals surface area contributed by atoms with Crippen molar-refractivity contribution in [2.24, 2.45) is 0 Å². The third kappa shape index (κ3) is 3.13. The molecule has 3 heteroatoms. The predicted octanol–water partition coefficient (Wildman–Crippen LogP) is 3.37. The quantitative estimate of drug-likeness (QED) is 0.752. The molecule has 0 N–H and O–H groups in total. The molecule has 1 aliphatic heterocycles. The van der Waals surface area contributed by atoms with Crippen LogP contribution in [0.25, 0.3) is 0 Å². The van der Waals surface area contributed by atoms with Crippen molar-refractivity contribution >= 4 is 11.6 Å². The van der Waals surface area contributed by atoms with Crippen molar-refractivity contribution in [3.8, 4) is 5.75 Å². The maximum Gasteiger partial charge on any atom is 0.123 e. The van der Waals surface area contributed by atoms with Crippen LogP contribution in [-0.4, -0.2) is 19.3 Å². The van der Waals surface area contributed by atoms with Gasteiger partial charge in [0, 0.05) is 12.2 Å². The highest BCUT2D eigenvalue weighted by atomic mass is 35.5. The lowest BCUT2D eigenvalue weighted by Gasteiger charge is -2.23. The van der Waals surface area contributed by atoms with Crippen molar-refractivity contribution in [1.29, 1.82) is 0 Å². The summed E-state index contributed by atoms with van der Waals surface area (Å²) in [6, 6.07) is 7.89. The van der Waals surface area contributed by atoms with Gasteiger partial charge in [-0.3, -0.25) is 0 Å². The highest BCUT2D eigenvalue weighted by Gasteiger charge is 2.14. The third-order valence-electron chi connectivity index (χ3n) is 2.82. The van der Waals surface area contributed by atoms with Crippen molar-refractivity contribution in [2.45, 2.75) is 31.2 Å². The van der Waals surface area contributed by atoms with E-state index in [0.29, 0.717) is 12.5 Å². The lowest BCUT2D eigenvalue weighted by molar-refractivity contribution is -0.0112. The van der Waals surface area contributed by atoms with Gasteiger partial charge in [0.1, 0.15) is 12.4 Å². The molecule has 1 saturated heterocycles. The summed E-state index contributed by atoms with van der Waals surface area (Å²) in [4.78, 5) is 0. The van der Waals surface area contributed by atoms with Gasteiger partial charge in [-0.1, -0.05) is 18.2 Å². The SMILES string of the molecule is ClCc1ccccc1OCC1CCCCO1. The second-order valence-corrected chi connectivity index (χ2v) is 4.31. The summed E-state index contributed by atoms with van der Waals surface area (Å²) < 4.78 is 11.4. The number of ether oxygens (including phenoxy) is 2. The Bertz CT molecular complexity index is 321. The summed E-state index contributed by atoms with van der Waals surface area (Å²) in [5, 5.41) is 0. The van der Waals surface area contributed by atoms with Crippen LogP contribution in [0.4, 0.5) is 0 Å². The van der Waals surface area contributed by atoms with E-state index in [4.69, 9.17) is 21.1 Å². The molecular weight excluding hydrogens is 224 g/mol. The summed E-state index contributed by atoms with van der Waals surface area (Å²) in [6.45, 7) is 1.50. The molecule has 0 aliphatic carbocycles. The van der Waals surface area contributed by atoms with Crippen LogP contribution >= 0.6 is 11.6 Å². The van der Waals surface area contributed by atoms with Crippen LogP contribution in [0.3, 0.4) is 0 Å². The average Bonchev–Trinajstić information content (AvgIpc) is 2.38. The highest BCUT2D eigenvalue weighted by molar-refractivity contribution is 6.17. The third-order valence-corrected chi connectivity index (χ3v) is 3.10. The van der Waals surface area contributed by atoms with E-state index in [2.05, 4.69) is 0 Å². The lowest BCUT2D eigenvalue weighted by atomic mass is 10.1. The Hall–Kier alpha value is -0.730. The maximum atomic E-state index is 5.84. The highest BCUT2D eigenvalue weighted by Crippen LogP contribution is 2.21. The molecule has 2 rings (SSSR count). The van der Waals surface area contributed by atoms with Gasteiger partial charge in [-0.25, -0.2) is 0 Å². The first-order chi connectivity index (χ1) is 7.90. The molecule has 1 aromatic carbocycles. The molecule has 1 atom stereocenters. The molecule has 0 bridgehead atoms. The molecule has 1 aromatic rings. The fraction of sp³-hybridized carbons (Fsp3) is 0.538. The van der Waals surface area contributed by atoms with Gasteiger partial charge in [-0.15, -0.1) is 11.6 Å². The first-order valence-corrected chi connectivity index (χ1v) is 6.32. The summed E-state index contributed by atoms with van der Waals surface area (Å²) in [7, 11) is 0. The minimum absolute atomic E-state index is 0.247. The van der Waals surface area contributed by atoms with Crippen molar-refractivity contribution in [3.63, 3.8) is 0 Å². The molecule has 0 aromatic heterocycles. The van der Waals surface area contributed by atoms with Crippen molar-refractivity contribution in [2.75, 3.05) is 13.2 Å². The number of para-hydroxylation sites is 1. The number of hydrogen-bond acceptors (Lipinski definition) is 2. The normalized spacial score (nSPS) is 20.7. The smallest absolute Gasteiger partial charge is 0.123 e. The Morgan fingerprint density at radius 1 is 1.31 bits per heavy atom. The number of rotatable bonds is 4. The minimum atomic E-state index is 0.247. The van der Waals surface area contributed by atoms with E-state index in [9.17, 15) is 0 Å². The van der Waals surface area contributed by atoms with Gasteiger partial charge in [0.2, 0.25) is 0 Å². The molecule has 0 radical (unpaired) electrons. The lowest BCUT2D eigenvalue weighted by Crippen LogP contribution is -2.25. The van der Waals surface area contributed by atoms with Crippen molar-refractivity contribution < 1.29 is 9.47 Å². The summed E-state index contributed by atoms with van der Waals surface area (Å²) in [5.74, 6) is 1.37. The van der Waals surface area contributed by atoms with Crippen LogP contribution in [0, 0.1) is 0 Å². The summed E-state index contributed by atoms with van der Waals surface area (Å²) >= 11 is 5.84. The van der Waals surface area contributed by atoms with E-state index in [1.807, 2.05) is 24.3 Å². The van der Waals surface area contributed by atoms with Crippen molar-refractivity contribution in [1.82, 2.24) is 0 Å². The zero-order valence-corrected chi connectivity index (χ0v) is 10.1. The van der Waals surface area contributed by atoms with Crippen LogP contribution in [-0.2, 0) is 10.6 Å². The van der Waals surface area contributed by atoms with Gasteiger partial charge in [-0.05, 0) is 25.3 Å². The van der Waals surface area contributed by atoms with Gasteiger partial charge >= 0.3 is 0 Å². The molecule has 16 heavy (non-hydrogen) atoms. The fourth-order valence-corrected chi connectivity index (χ4v) is 2.10. The Labute approximate surface area is 102 Å². The Morgan fingerprint density at radius 2 is 2.19 bits per heavy atom. The van der Waals surface area contributed by atoms with E-state index < -0.39 is 0 Å². The van der Waals surface area contributed by atoms with Crippen LogP contribution in [0.15, 0.2) is 24.3 Å².